The van der Waals surface area contributed by atoms with Crippen molar-refractivity contribution in [3.8, 4) is 0 Å². The summed E-state index contributed by atoms with van der Waals surface area (Å²) in [7, 11) is -3.63. The molecule has 2 aromatic heterocycles. The molecule has 2 aromatic carbocycles. The van der Waals surface area contributed by atoms with Gasteiger partial charge in [-0.2, -0.15) is 0 Å². The van der Waals surface area contributed by atoms with Crippen molar-refractivity contribution >= 4 is 54.0 Å². The number of thiazole rings is 1. The first-order chi connectivity index (χ1) is 15.3. The summed E-state index contributed by atoms with van der Waals surface area (Å²) in [6.07, 6.45) is 1.62. The average molecular weight is 493 g/mol. The van der Waals surface area contributed by atoms with Crippen LogP contribution in [0.1, 0.15) is 18.6 Å². The first kappa shape index (κ1) is 22.4. The number of hydrogen-bond acceptors (Lipinski definition) is 6. The van der Waals surface area contributed by atoms with Gasteiger partial charge in [-0.05, 0) is 55.0 Å². The fourth-order valence-electron chi connectivity index (χ4n) is 3.15. The first-order valence-corrected chi connectivity index (χ1v) is 12.5. The molecule has 0 unspecified atom stereocenters. The van der Waals surface area contributed by atoms with Gasteiger partial charge in [-0.3, -0.25) is 9.69 Å². The molecule has 0 aliphatic rings. The molecule has 6 nitrogen and oxygen atoms in total. The molecule has 166 valence electrons. The molecule has 0 bridgehead atoms. The van der Waals surface area contributed by atoms with Gasteiger partial charge in [-0.15, -0.1) is 0 Å². The highest BCUT2D eigenvalue weighted by atomic mass is 35.5. The van der Waals surface area contributed by atoms with Crippen molar-refractivity contribution in [1.82, 2.24) is 4.98 Å². The minimum atomic E-state index is -3.63. The number of amides is 1. The number of carbonyl (C=O) groups is 1. The summed E-state index contributed by atoms with van der Waals surface area (Å²) in [4.78, 5) is 19.1. The zero-order chi connectivity index (χ0) is 22.7. The SMILES string of the molecule is O=C(CCCS(=O)(=O)c1ccc(F)cc1)N(Cc1ccco1)c1nc2c(Cl)cccc2s1. The highest BCUT2D eigenvalue weighted by Crippen LogP contribution is 2.34. The lowest BCUT2D eigenvalue weighted by Gasteiger charge is -2.18. The molecular formula is C22H18ClFN2O4S2. The molecule has 1 amide bonds. The van der Waals surface area contributed by atoms with Crippen LogP contribution in [0.15, 0.2) is 70.2 Å². The van der Waals surface area contributed by atoms with Gasteiger partial charge in [0.2, 0.25) is 5.91 Å². The van der Waals surface area contributed by atoms with Crippen LogP contribution >= 0.6 is 22.9 Å². The van der Waals surface area contributed by atoms with Crippen LogP contribution in [-0.2, 0) is 21.2 Å². The van der Waals surface area contributed by atoms with Gasteiger partial charge in [0.15, 0.2) is 15.0 Å². The maximum Gasteiger partial charge on any atom is 0.229 e. The van der Waals surface area contributed by atoms with E-state index in [0.29, 0.717) is 21.4 Å². The van der Waals surface area contributed by atoms with Crippen LogP contribution in [0.25, 0.3) is 10.2 Å². The summed E-state index contributed by atoms with van der Waals surface area (Å²) in [5.74, 6) is -0.456. The summed E-state index contributed by atoms with van der Waals surface area (Å²) in [5, 5.41) is 0.941. The van der Waals surface area contributed by atoms with Crippen LogP contribution in [0, 0.1) is 5.82 Å². The fourth-order valence-corrected chi connectivity index (χ4v) is 5.74. The molecule has 2 heterocycles. The van der Waals surface area contributed by atoms with Crippen LogP contribution in [0.3, 0.4) is 0 Å². The molecule has 0 saturated heterocycles. The molecule has 10 heteroatoms. The van der Waals surface area contributed by atoms with Crippen molar-refractivity contribution in [3.63, 3.8) is 0 Å². The van der Waals surface area contributed by atoms with E-state index in [2.05, 4.69) is 4.98 Å². The number of sulfone groups is 1. The van der Waals surface area contributed by atoms with E-state index in [9.17, 15) is 17.6 Å². The predicted molar refractivity (Wildman–Crippen MR) is 122 cm³/mol. The third-order valence-corrected chi connectivity index (χ3v) is 7.93. The Balaban J connectivity index is 1.51. The Morgan fingerprint density at radius 1 is 1.12 bits per heavy atom. The average Bonchev–Trinajstić information content (AvgIpc) is 3.42. The van der Waals surface area contributed by atoms with Crippen LogP contribution in [-0.4, -0.2) is 25.1 Å². The molecule has 0 atom stereocenters. The predicted octanol–water partition coefficient (Wildman–Crippen LogP) is 5.47. The van der Waals surface area contributed by atoms with Crippen molar-refractivity contribution in [1.29, 1.82) is 0 Å². The van der Waals surface area contributed by atoms with Gasteiger partial charge in [0.1, 0.15) is 17.1 Å². The summed E-state index contributed by atoms with van der Waals surface area (Å²) in [6.45, 7) is 0.161. The van der Waals surface area contributed by atoms with Crippen molar-refractivity contribution < 1.29 is 22.0 Å². The number of fused-ring (bicyclic) bond motifs is 1. The highest BCUT2D eigenvalue weighted by molar-refractivity contribution is 7.91. The fraction of sp³-hybridized carbons (Fsp3) is 0.182. The van der Waals surface area contributed by atoms with Crippen LogP contribution in [0.5, 0.6) is 0 Å². The van der Waals surface area contributed by atoms with Gasteiger partial charge in [0.05, 0.1) is 33.2 Å². The molecule has 0 spiro atoms. The molecule has 0 saturated carbocycles. The van der Waals surface area contributed by atoms with Crippen LogP contribution in [0.4, 0.5) is 9.52 Å². The van der Waals surface area contributed by atoms with Gasteiger partial charge >= 0.3 is 0 Å². The van der Waals surface area contributed by atoms with Crippen LogP contribution in [0.2, 0.25) is 5.02 Å². The second kappa shape index (κ2) is 9.40. The van der Waals surface area contributed by atoms with E-state index in [-0.39, 0.29) is 35.9 Å². The Labute approximate surface area is 193 Å². The normalized spacial score (nSPS) is 11.7. The monoisotopic (exact) mass is 492 g/mol. The number of hydrogen-bond donors (Lipinski definition) is 0. The number of nitrogens with zero attached hydrogens (tertiary/aromatic N) is 2. The number of anilines is 1. The van der Waals surface area contributed by atoms with E-state index >= 15 is 0 Å². The number of furan rings is 1. The number of rotatable bonds is 8. The Hall–Kier alpha value is -2.75. The lowest BCUT2D eigenvalue weighted by molar-refractivity contribution is -0.118. The summed E-state index contributed by atoms with van der Waals surface area (Å²) in [5.41, 5.74) is 0.602. The quantitative estimate of drug-likeness (QED) is 0.305. The minimum Gasteiger partial charge on any atom is -0.467 e. The molecule has 4 rings (SSSR count). The Morgan fingerprint density at radius 3 is 2.59 bits per heavy atom. The minimum absolute atomic E-state index is 0.00914. The van der Waals surface area contributed by atoms with E-state index in [1.165, 1.54) is 34.6 Å². The molecule has 0 aliphatic heterocycles. The van der Waals surface area contributed by atoms with E-state index in [4.69, 9.17) is 16.0 Å². The number of halogens is 2. The lowest BCUT2D eigenvalue weighted by atomic mass is 10.3. The smallest absolute Gasteiger partial charge is 0.229 e. The standard InChI is InChI=1S/C22H18ClFN2O4S2/c23-18-5-1-6-19-21(18)25-22(31-19)26(14-16-4-2-12-30-16)20(27)7-3-13-32(28,29)17-10-8-15(24)9-11-17/h1-2,4-6,8-12H,3,7,13-14H2. The second-order valence-electron chi connectivity index (χ2n) is 7.02. The topological polar surface area (TPSA) is 80.5 Å². The zero-order valence-corrected chi connectivity index (χ0v) is 19.1. The summed E-state index contributed by atoms with van der Waals surface area (Å²) in [6, 6.07) is 13.5. The van der Waals surface area contributed by atoms with Gasteiger partial charge in [-0.25, -0.2) is 17.8 Å². The first-order valence-electron chi connectivity index (χ1n) is 9.69. The van der Waals surface area contributed by atoms with E-state index in [1.54, 1.807) is 18.2 Å². The van der Waals surface area contributed by atoms with Crippen molar-refractivity contribution in [2.45, 2.75) is 24.3 Å². The van der Waals surface area contributed by atoms with Gasteiger partial charge in [0, 0.05) is 6.42 Å². The lowest BCUT2D eigenvalue weighted by Crippen LogP contribution is -2.30. The molecule has 0 fully saturated rings. The van der Waals surface area contributed by atoms with Gasteiger partial charge in [-0.1, -0.05) is 29.0 Å². The maximum absolute atomic E-state index is 13.1. The highest BCUT2D eigenvalue weighted by Gasteiger charge is 2.23. The van der Waals surface area contributed by atoms with E-state index in [1.807, 2.05) is 12.1 Å². The zero-order valence-electron chi connectivity index (χ0n) is 16.7. The number of benzene rings is 2. The van der Waals surface area contributed by atoms with Gasteiger partial charge < -0.3 is 4.42 Å². The van der Waals surface area contributed by atoms with Crippen LogP contribution < -0.4 is 4.90 Å². The molecule has 0 radical (unpaired) electrons. The Kier molecular flexibility index (Phi) is 6.59. The molecular weight excluding hydrogens is 475 g/mol. The molecule has 0 aliphatic carbocycles. The van der Waals surface area contributed by atoms with Crippen molar-refractivity contribution in [2.75, 3.05) is 10.7 Å². The van der Waals surface area contributed by atoms with Gasteiger partial charge in [0.25, 0.3) is 0 Å². The summed E-state index contributed by atoms with van der Waals surface area (Å²) >= 11 is 7.55. The van der Waals surface area contributed by atoms with E-state index < -0.39 is 15.7 Å². The largest absolute Gasteiger partial charge is 0.467 e. The second-order valence-corrected chi connectivity index (χ2v) is 10.5. The maximum atomic E-state index is 13.1. The van der Waals surface area contributed by atoms with Crippen molar-refractivity contribution in [2.24, 2.45) is 0 Å². The summed E-state index contributed by atoms with van der Waals surface area (Å²) < 4.78 is 44.3. The Bertz CT molecular complexity index is 1340. The third-order valence-electron chi connectivity index (χ3n) is 4.76. The molecule has 32 heavy (non-hydrogen) atoms. The van der Waals surface area contributed by atoms with Crippen molar-refractivity contribution in [3.05, 3.63) is 77.5 Å². The molecule has 0 N–H and O–H groups in total. The molecule has 4 aromatic rings. The number of aromatic nitrogens is 1. The number of carbonyl (C=O) groups excluding carboxylic acids is 1. The Morgan fingerprint density at radius 2 is 1.91 bits per heavy atom. The van der Waals surface area contributed by atoms with E-state index in [0.717, 1.165) is 16.8 Å². The number of para-hydroxylation sites is 1. The third kappa shape index (κ3) is 5.01.